The van der Waals surface area contributed by atoms with Crippen LogP contribution in [-0.4, -0.2) is 17.5 Å². The van der Waals surface area contributed by atoms with Crippen molar-refractivity contribution >= 4 is 39.1 Å². The molecule has 0 saturated carbocycles. The van der Waals surface area contributed by atoms with E-state index in [1.54, 1.807) is 25.1 Å². The maximum absolute atomic E-state index is 12.1. The summed E-state index contributed by atoms with van der Waals surface area (Å²) in [4.78, 5) is 24.2. The lowest BCUT2D eigenvalue weighted by Gasteiger charge is -2.08. The fourth-order valence-corrected chi connectivity index (χ4v) is 2.75. The Morgan fingerprint density at radius 2 is 1.73 bits per heavy atom. The average Bonchev–Trinajstić information content (AvgIpc) is 2.60. The molecule has 2 N–H and O–H groups in total. The molecular weight excluding hydrogens is 394 g/mol. The van der Waals surface area contributed by atoms with Gasteiger partial charge in [0.05, 0.1) is 12.0 Å². The van der Waals surface area contributed by atoms with Gasteiger partial charge in [0.2, 0.25) is 5.91 Å². The standard InChI is InChI=1S/C20H22BrN3O2/c1-13(2)15-8-10-16(11-9-15)22-19(25)12-14(3)23-24-20(26)17-6-4-5-7-18(17)21/h4-11,13H,12H2,1-3H3,(H,22,25)(H,24,26)/b23-14+. The molecule has 5 nitrogen and oxygen atoms in total. The third-order valence-electron chi connectivity index (χ3n) is 3.74. The Balaban J connectivity index is 1.89. The number of anilines is 1. The second kappa shape index (κ2) is 9.29. The Kier molecular flexibility index (Phi) is 7.09. The number of hydrogen-bond donors (Lipinski definition) is 2. The van der Waals surface area contributed by atoms with Crippen molar-refractivity contribution in [2.75, 3.05) is 5.32 Å². The fourth-order valence-electron chi connectivity index (χ4n) is 2.28. The van der Waals surface area contributed by atoms with Crippen LogP contribution in [0.25, 0.3) is 0 Å². The molecule has 2 amide bonds. The lowest BCUT2D eigenvalue weighted by Crippen LogP contribution is -2.21. The molecule has 0 aliphatic carbocycles. The van der Waals surface area contributed by atoms with Gasteiger partial charge in [0.15, 0.2) is 0 Å². The topological polar surface area (TPSA) is 70.6 Å². The summed E-state index contributed by atoms with van der Waals surface area (Å²) in [5.41, 5.74) is 5.43. The number of carbonyl (C=O) groups is 2. The normalized spacial score (nSPS) is 11.3. The summed E-state index contributed by atoms with van der Waals surface area (Å²) in [7, 11) is 0. The Bertz CT molecular complexity index is 814. The molecule has 0 atom stereocenters. The molecule has 0 saturated heterocycles. The molecule has 2 aromatic carbocycles. The maximum Gasteiger partial charge on any atom is 0.272 e. The molecule has 6 heteroatoms. The van der Waals surface area contributed by atoms with Crippen LogP contribution in [0, 0.1) is 0 Å². The van der Waals surface area contributed by atoms with Gasteiger partial charge in [-0.1, -0.05) is 38.1 Å². The minimum Gasteiger partial charge on any atom is -0.326 e. The number of nitrogens with zero attached hydrogens (tertiary/aromatic N) is 1. The van der Waals surface area contributed by atoms with E-state index in [2.05, 4.69) is 45.6 Å². The van der Waals surface area contributed by atoms with Crippen molar-refractivity contribution in [2.45, 2.75) is 33.1 Å². The van der Waals surface area contributed by atoms with E-state index in [0.29, 0.717) is 21.7 Å². The van der Waals surface area contributed by atoms with E-state index in [9.17, 15) is 9.59 Å². The van der Waals surface area contributed by atoms with E-state index in [1.165, 1.54) is 5.56 Å². The second-order valence-electron chi connectivity index (χ2n) is 6.27. The molecule has 0 radical (unpaired) electrons. The first-order valence-electron chi connectivity index (χ1n) is 8.34. The zero-order valence-corrected chi connectivity index (χ0v) is 16.6. The molecule has 0 unspecified atom stereocenters. The van der Waals surface area contributed by atoms with Crippen molar-refractivity contribution in [1.82, 2.24) is 5.43 Å². The molecule has 0 aliphatic heterocycles. The van der Waals surface area contributed by atoms with Gasteiger partial charge in [0.1, 0.15) is 0 Å². The first-order valence-corrected chi connectivity index (χ1v) is 9.14. The van der Waals surface area contributed by atoms with Crippen LogP contribution in [0.1, 0.15) is 49.0 Å². The predicted octanol–water partition coefficient (Wildman–Crippen LogP) is 4.71. The summed E-state index contributed by atoms with van der Waals surface area (Å²) in [6.07, 6.45) is 0.0994. The van der Waals surface area contributed by atoms with Crippen molar-refractivity contribution < 1.29 is 9.59 Å². The Morgan fingerprint density at radius 3 is 2.35 bits per heavy atom. The summed E-state index contributed by atoms with van der Waals surface area (Å²) in [6, 6.07) is 14.8. The molecule has 0 aromatic heterocycles. The molecule has 136 valence electrons. The van der Waals surface area contributed by atoms with Gasteiger partial charge in [-0.25, -0.2) is 5.43 Å². The number of rotatable bonds is 6. The Labute approximate surface area is 162 Å². The number of halogens is 1. The molecule has 0 spiro atoms. The highest BCUT2D eigenvalue weighted by molar-refractivity contribution is 9.10. The highest BCUT2D eigenvalue weighted by Crippen LogP contribution is 2.17. The van der Waals surface area contributed by atoms with Crippen LogP contribution in [0.5, 0.6) is 0 Å². The monoisotopic (exact) mass is 415 g/mol. The number of hydrazone groups is 1. The molecule has 0 aliphatic rings. The summed E-state index contributed by atoms with van der Waals surface area (Å²) in [5, 5.41) is 6.82. The maximum atomic E-state index is 12.1. The zero-order valence-electron chi connectivity index (χ0n) is 15.0. The van der Waals surface area contributed by atoms with E-state index in [0.717, 1.165) is 5.69 Å². The summed E-state index contributed by atoms with van der Waals surface area (Å²) in [6.45, 7) is 5.94. The predicted molar refractivity (Wildman–Crippen MR) is 108 cm³/mol. The number of nitrogens with one attached hydrogen (secondary N) is 2. The van der Waals surface area contributed by atoms with Crippen molar-refractivity contribution in [3.8, 4) is 0 Å². The van der Waals surface area contributed by atoms with E-state index in [-0.39, 0.29) is 18.2 Å². The number of carbonyl (C=O) groups excluding carboxylic acids is 2. The molecule has 26 heavy (non-hydrogen) atoms. The van der Waals surface area contributed by atoms with E-state index < -0.39 is 0 Å². The van der Waals surface area contributed by atoms with E-state index in [4.69, 9.17) is 0 Å². The van der Waals surface area contributed by atoms with Gasteiger partial charge in [-0.3, -0.25) is 9.59 Å². The second-order valence-corrected chi connectivity index (χ2v) is 7.12. The van der Waals surface area contributed by atoms with Crippen LogP contribution in [0.3, 0.4) is 0 Å². The molecule has 0 bridgehead atoms. The van der Waals surface area contributed by atoms with Crippen molar-refractivity contribution in [3.05, 3.63) is 64.1 Å². The van der Waals surface area contributed by atoms with Crippen molar-refractivity contribution in [2.24, 2.45) is 5.10 Å². The summed E-state index contributed by atoms with van der Waals surface area (Å²) in [5.74, 6) is -0.0670. The highest BCUT2D eigenvalue weighted by Gasteiger charge is 2.09. The van der Waals surface area contributed by atoms with Gasteiger partial charge < -0.3 is 5.32 Å². The Hall–Kier alpha value is -2.47. The van der Waals surface area contributed by atoms with Crippen LogP contribution in [-0.2, 0) is 4.79 Å². The lowest BCUT2D eigenvalue weighted by atomic mass is 10.0. The van der Waals surface area contributed by atoms with Crippen LogP contribution in [0.4, 0.5) is 5.69 Å². The van der Waals surface area contributed by atoms with Crippen LogP contribution < -0.4 is 10.7 Å². The largest absolute Gasteiger partial charge is 0.326 e. The van der Waals surface area contributed by atoms with Gasteiger partial charge in [-0.2, -0.15) is 5.10 Å². The lowest BCUT2D eigenvalue weighted by molar-refractivity contribution is -0.115. The summed E-state index contributed by atoms with van der Waals surface area (Å²) < 4.78 is 0.688. The third kappa shape index (κ3) is 5.81. The van der Waals surface area contributed by atoms with E-state index in [1.807, 2.05) is 30.3 Å². The number of benzene rings is 2. The molecular formula is C20H22BrN3O2. The minimum absolute atomic E-state index is 0.0994. The number of hydrogen-bond acceptors (Lipinski definition) is 3. The van der Waals surface area contributed by atoms with Crippen molar-refractivity contribution in [1.29, 1.82) is 0 Å². The molecule has 0 heterocycles. The molecule has 2 rings (SSSR count). The van der Waals surface area contributed by atoms with Crippen LogP contribution in [0.15, 0.2) is 58.1 Å². The van der Waals surface area contributed by atoms with Gasteiger partial charge in [-0.15, -0.1) is 0 Å². The SMILES string of the molecule is C/C(CC(=O)Nc1ccc(C(C)C)cc1)=N\NC(=O)c1ccccc1Br. The zero-order chi connectivity index (χ0) is 19.1. The number of amides is 2. The van der Waals surface area contributed by atoms with Crippen LogP contribution >= 0.6 is 15.9 Å². The van der Waals surface area contributed by atoms with Gasteiger partial charge >= 0.3 is 0 Å². The van der Waals surface area contributed by atoms with Crippen molar-refractivity contribution in [3.63, 3.8) is 0 Å². The van der Waals surface area contributed by atoms with Gasteiger partial charge in [0, 0.05) is 15.9 Å². The van der Waals surface area contributed by atoms with E-state index >= 15 is 0 Å². The van der Waals surface area contributed by atoms with Gasteiger partial charge in [0.25, 0.3) is 5.91 Å². The first-order chi connectivity index (χ1) is 12.4. The summed E-state index contributed by atoms with van der Waals surface area (Å²) >= 11 is 3.32. The average molecular weight is 416 g/mol. The highest BCUT2D eigenvalue weighted by atomic mass is 79.9. The van der Waals surface area contributed by atoms with Crippen LogP contribution in [0.2, 0.25) is 0 Å². The fraction of sp³-hybridized carbons (Fsp3) is 0.250. The first kappa shape index (κ1) is 19.8. The Morgan fingerprint density at radius 1 is 1.08 bits per heavy atom. The third-order valence-corrected chi connectivity index (χ3v) is 4.44. The van der Waals surface area contributed by atoms with Gasteiger partial charge in [-0.05, 0) is 58.6 Å². The smallest absolute Gasteiger partial charge is 0.272 e. The minimum atomic E-state index is -0.332. The molecule has 2 aromatic rings. The quantitative estimate of drug-likeness (QED) is 0.529. The molecule has 0 fully saturated rings.